The van der Waals surface area contributed by atoms with Gasteiger partial charge in [0.15, 0.2) is 5.92 Å². The lowest BCUT2D eigenvalue weighted by Crippen LogP contribution is -3.11. The Morgan fingerprint density at radius 1 is 1.15 bits per heavy atom. The van der Waals surface area contributed by atoms with E-state index >= 15 is 0 Å². The number of rotatable bonds is 9. The standard InChI is InChI=1S/C20H28N4O3/c1-4-23(5-2)13-9-12-21-15(3)17-18(25)22-20(27)24(19(17)26)14-16-10-7-6-8-11-16/h6-8,10-11,17H,4-5,9,12-14H2,1-3H3,(H,22,25,27)/p+1. The lowest BCUT2D eigenvalue weighted by Gasteiger charge is -2.30. The zero-order chi connectivity index (χ0) is 19.8. The summed E-state index contributed by atoms with van der Waals surface area (Å²) in [7, 11) is 0. The lowest BCUT2D eigenvalue weighted by molar-refractivity contribution is -0.896. The number of hydrogen-bond acceptors (Lipinski definition) is 4. The Morgan fingerprint density at radius 2 is 1.81 bits per heavy atom. The van der Waals surface area contributed by atoms with E-state index < -0.39 is 23.8 Å². The fraction of sp³-hybridized carbons (Fsp3) is 0.500. The monoisotopic (exact) mass is 373 g/mol. The van der Waals surface area contributed by atoms with Gasteiger partial charge in [-0.25, -0.2) is 4.79 Å². The van der Waals surface area contributed by atoms with E-state index in [1.54, 1.807) is 6.92 Å². The molecule has 7 nitrogen and oxygen atoms in total. The van der Waals surface area contributed by atoms with Gasteiger partial charge in [-0.05, 0) is 26.3 Å². The zero-order valence-electron chi connectivity index (χ0n) is 16.3. The summed E-state index contributed by atoms with van der Waals surface area (Å²) in [4.78, 5) is 44.1. The van der Waals surface area contributed by atoms with E-state index in [1.807, 2.05) is 30.3 Å². The van der Waals surface area contributed by atoms with Crippen LogP contribution in [0.1, 0.15) is 32.8 Å². The van der Waals surface area contributed by atoms with Crippen molar-refractivity contribution in [3.05, 3.63) is 35.9 Å². The fourth-order valence-electron chi connectivity index (χ4n) is 3.18. The molecular formula is C20H29N4O3+. The first-order valence-corrected chi connectivity index (χ1v) is 9.52. The van der Waals surface area contributed by atoms with Gasteiger partial charge in [0.05, 0.1) is 26.2 Å². The number of carbonyl (C=O) groups is 3. The van der Waals surface area contributed by atoms with E-state index in [2.05, 4.69) is 24.2 Å². The molecule has 1 aliphatic rings. The van der Waals surface area contributed by atoms with E-state index in [4.69, 9.17) is 0 Å². The van der Waals surface area contributed by atoms with Gasteiger partial charge in [-0.2, -0.15) is 0 Å². The molecule has 0 aromatic heterocycles. The van der Waals surface area contributed by atoms with Gasteiger partial charge >= 0.3 is 6.03 Å². The van der Waals surface area contributed by atoms with Crippen LogP contribution < -0.4 is 10.2 Å². The highest BCUT2D eigenvalue weighted by Crippen LogP contribution is 2.16. The molecule has 1 atom stereocenters. The first-order chi connectivity index (χ1) is 13.0. The van der Waals surface area contributed by atoms with Crippen LogP contribution in [0.2, 0.25) is 0 Å². The number of nitrogens with zero attached hydrogens (tertiary/aromatic N) is 2. The number of barbiturate groups is 1. The van der Waals surface area contributed by atoms with Crippen LogP contribution >= 0.6 is 0 Å². The van der Waals surface area contributed by atoms with E-state index in [0.717, 1.165) is 36.5 Å². The molecule has 1 aromatic carbocycles. The molecule has 2 N–H and O–H groups in total. The van der Waals surface area contributed by atoms with Crippen LogP contribution in [-0.4, -0.2) is 54.6 Å². The third-order valence-electron chi connectivity index (χ3n) is 4.90. The molecule has 1 heterocycles. The summed E-state index contributed by atoms with van der Waals surface area (Å²) in [6.07, 6.45) is 0.892. The van der Waals surface area contributed by atoms with Crippen molar-refractivity contribution in [1.29, 1.82) is 0 Å². The summed E-state index contributed by atoms with van der Waals surface area (Å²) < 4.78 is 0. The molecule has 1 aromatic rings. The maximum atomic E-state index is 12.8. The molecule has 1 unspecified atom stereocenters. The molecule has 1 saturated heterocycles. The Bertz CT molecular complexity index is 698. The van der Waals surface area contributed by atoms with E-state index in [-0.39, 0.29) is 6.54 Å². The number of quaternary nitrogens is 1. The minimum Gasteiger partial charge on any atom is -0.335 e. The maximum absolute atomic E-state index is 12.8. The predicted molar refractivity (Wildman–Crippen MR) is 104 cm³/mol. The average molecular weight is 373 g/mol. The molecule has 0 saturated carbocycles. The molecule has 0 spiro atoms. The van der Waals surface area contributed by atoms with Crippen LogP contribution in [-0.2, 0) is 16.1 Å². The van der Waals surface area contributed by atoms with Gasteiger partial charge in [-0.1, -0.05) is 30.3 Å². The van der Waals surface area contributed by atoms with Crippen molar-refractivity contribution in [2.24, 2.45) is 10.9 Å². The summed E-state index contributed by atoms with van der Waals surface area (Å²) in [5.74, 6) is -2.14. The van der Waals surface area contributed by atoms with Gasteiger partial charge in [-0.3, -0.25) is 24.8 Å². The molecule has 1 aliphatic heterocycles. The predicted octanol–water partition coefficient (Wildman–Crippen LogP) is 0.657. The number of nitrogens with one attached hydrogen (secondary N) is 2. The van der Waals surface area contributed by atoms with Gasteiger partial charge < -0.3 is 4.90 Å². The quantitative estimate of drug-likeness (QED) is 0.379. The largest absolute Gasteiger partial charge is 0.335 e. The van der Waals surface area contributed by atoms with Gasteiger partial charge in [0.25, 0.3) is 0 Å². The molecule has 2 rings (SSSR count). The Morgan fingerprint density at radius 3 is 2.44 bits per heavy atom. The number of carbonyl (C=O) groups excluding carboxylic acids is 3. The highest BCUT2D eigenvalue weighted by Gasteiger charge is 2.41. The van der Waals surface area contributed by atoms with Crippen molar-refractivity contribution in [3.63, 3.8) is 0 Å². The minimum absolute atomic E-state index is 0.133. The van der Waals surface area contributed by atoms with Crippen molar-refractivity contribution >= 4 is 23.6 Å². The second-order valence-electron chi connectivity index (χ2n) is 6.72. The third kappa shape index (κ3) is 5.47. The topological polar surface area (TPSA) is 83.3 Å². The summed E-state index contributed by atoms with van der Waals surface area (Å²) in [5, 5.41) is 2.28. The fourth-order valence-corrected chi connectivity index (χ4v) is 3.18. The summed E-state index contributed by atoms with van der Waals surface area (Å²) in [5.41, 5.74) is 1.28. The van der Waals surface area contributed by atoms with Crippen molar-refractivity contribution in [3.8, 4) is 0 Å². The smallest absolute Gasteiger partial charge is 0.331 e. The third-order valence-corrected chi connectivity index (χ3v) is 4.90. The number of urea groups is 1. The summed E-state index contributed by atoms with van der Waals surface area (Å²) >= 11 is 0. The maximum Gasteiger partial charge on any atom is 0.331 e. The highest BCUT2D eigenvalue weighted by molar-refractivity contribution is 6.27. The van der Waals surface area contributed by atoms with Crippen LogP contribution in [0, 0.1) is 5.92 Å². The normalized spacial score (nSPS) is 18.2. The minimum atomic E-state index is -1.03. The highest BCUT2D eigenvalue weighted by atomic mass is 16.2. The molecule has 146 valence electrons. The summed E-state index contributed by atoms with van der Waals surface area (Å²) in [6, 6.07) is 8.54. The van der Waals surface area contributed by atoms with Gasteiger partial charge in [-0.15, -0.1) is 0 Å². The molecule has 4 amide bonds. The van der Waals surface area contributed by atoms with E-state index in [9.17, 15) is 14.4 Å². The average Bonchev–Trinajstić information content (AvgIpc) is 2.66. The van der Waals surface area contributed by atoms with Crippen molar-refractivity contribution in [1.82, 2.24) is 10.2 Å². The molecule has 0 aliphatic carbocycles. The second kappa shape index (κ2) is 9.97. The molecule has 1 fully saturated rings. The van der Waals surface area contributed by atoms with Crippen LogP contribution in [0.25, 0.3) is 0 Å². The molecule has 0 radical (unpaired) electrons. The summed E-state index contributed by atoms with van der Waals surface area (Å²) in [6.45, 7) is 9.83. The first kappa shape index (κ1) is 20.8. The molecule has 7 heteroatoms. The number of amides is 4. The van der Waals surface area contributed by atoms with Gasteiger partial charge in [0.2, 0.25) is 11.8 Å². The zero-order valence-corrected chi connectivity index (χ0v) is 16.3. The van der Waals surface area contributed by atoms with E-state index in [0.29, 0.717) is 12.3 Å². The lowest BCUT2D eigenvalue weighted by atomic mass is 9.99. The van der Waals surface area contributed by atoms with Crippen molar-refractivity contribution in [2.75, 3.05) is 26.2 Å². The van der Waals surface area contributed by atoms with Crippen LogP contribution in [0.5, 0.6) is 0 Å². The number of hydrogen-bond donors (Lipinski definition) is 2. The van der Waals surface area contributed by atoms with Crippen LogP contribution in [0.4, 0.5) is 4.79 Å². The van der Waals surface area contributed by atoms with Gasteiger partial charge in [0.1, 0.15) is 0 Å². The molecule has 27 heavy (non-hydrogen) atoms. The number of imide groups is 2. The Balaban J connectivity index is 2.03. The number of aliphatic imine (C=N–C) groups is 1. The SMILES string of the molecule is CC[NH+](CC)CCCN=C(C)C1C(=O)NC(=O)N(Cc2ccccc2)C1=O. The van der Waals surface area contributed by atoms with Gasteiger partial charge in [0, 0.05) is 18.7 Å². The molecular weight excluding hydrogens is 344 g/mol. The van der Waals surface area contributed by atoms with Crippen molar-refractivity contribution < 1.29 is 19.3 Å². The Labute approximate surface area is 160 Å². The second-order valence-corrected chi connectivity index (χ2v) is 6.72. The Hall–Kier alpha value is -2.54. The Kier molecular flexibility index (Phi) is 7.67. The van der Waals surface area contributed by atoms with Crippen LogP contribution in [0.15, 0.2) is 35.3 Å². The van der Waals surface area contributed by atoms with Crippen LogP contribution in [0.3, 0.4) is 0 Å². The number of benzene rings is 1. The molecule has 0 bridgehead atoms. The van der Waals surface area contributed by atoms with E-state index in [1.165, 1.54) is 4.90 Å². The van der Waals surface area contributed by atoms with Crippen molar-refractivity contribution in [2.45, 2.75) is 33.7 Å². The first-order valence-electron chi connectivity index (χ1n) is 9.52.